The van der Waals surface area contributed by atoms with Gasteiger partial charge in [-0.3, -0.25) is 9.13 Å². The van der Waals surface area contributed by atoms with Gasteiger partial charge in [-0.2, -0.15) is 0 Å². The number of carboxylic acids is 1. The Balaban J connectivity index is 2.21. The molecule has 0 spiro atoms. The van der Waals surface area contributed by atoms with Crippen LogP contribution in [0.15, 0.2) is 35.3 Å². The molecule has 1 fully saturated rings. The van der Waals surface area contributed by atoms with Gasteiger partial charge in [-0.15, -0.1) is 0 Å². The molecule has 1 N–H and O–H groups in total. The van der Waals surface area contributed by atoms with E-state index in [0.29, 0.717) is 11.4 Å². The summed E-state index contributed by atoms with van der Waals surface area (Å²) >= 11 is 5.94. The molecule has 1 heterocycles. The molecule has 122 valence electrons. The van der Waals surface area contributed by atoms with Gasteiger partial charge in [0.1, 0.15) is 5.54 Å². The van der Waals surface area contributed by atoms with Crippen molar-refractivity contribution in [2.24, 2.45) is 0 Å². The minimum Gasteiger partial charge on any atom is -0.479 e. The third kappa shape index (κ3) is 2.59. The van der Waals surface area contributed by atoms with Crippen LogP contribution in [0, 0.1) is 0 Å². The Hall–Kier alpha value is -2.01. The van der Waals surface area contributed by atoms with Crippen molar-refractivity contribution in [2.75, 3.05) is 0 Å². The lowest BCUT2D eigenvalue weighted by atomic mass is 9.99. The minimum atomic E-state index is -1.25. The molecule has 23 heavy (non-hydrogen) atoms. The number of halogens is 1. The van der Waals surface area contributed by atoms with Crippen LogP contribution in [-0.2, 0) is 10.3 Å². The second-order valence-electron chi connectivity index (χ2n) is 6.21. The molecule has 3 rings (SSSR count). The molecule has 1 saturated carbocycles. The summed E-state index contributed by atoms with van der Waals surface area (Å²) in [6, 6.07) is 7.40. The maximum atomic E-state index is 12.9. The molecule has 1 aliphatic rings. The van der Waals surface area contributed by atoms with E-state index in [-0.39, 0.29) is 11.7 Å². The van der Waals surface area contributed by atoms with E-state index < -0.39 is 11.5 Å². The summed E-state index contributed by atoms with van der Waals surface area (Å²) in [7, 11) is 0. The summed E-state index contributed by atoms with van der Waals surface area (Å²) in [4.78, 5) is 24.6. The van der Waals surface area contributed by atoms with Crippen molar-refractivity contribution in [2.45, 2.75) is 44.7 Å². The van der Waals surface area contributed by atoms with E-state index in [1.807, 2.05) is 12.1 Å². The van der Waals surface area contributed by atoms with Crippen LogP contribution >= 0.6 is 11.6 Å². The number of hydrogen-bond acceptors (Lipinski definition) is 2. The second-order valence-corrected chi connectivity index (χ2v) is 6.64. The van der Waals surface area contributed by atoms with Gasteiger partial charge in [0.2, 0.25) is 0 Å². The lowest BCUT2D eigenvalue weighted by molar-refractivity contribution is -0.147. The fourth-order valence-corrected chi connectivity index (χ4v) is 2.88. The summed E-state index contributed by atoms with van der Waals surface area (Å²) < 4.78 is 3.08. The summed E-state index contributed by atoms with van der Waals surface area (Å²) in [5.74, 6) is -1.00. The van der Waals surface area contributed by atoms with Gasteiger partial charge in [-0.05, 0) is 43.9 Å². The molecule has 5 nitrogen and oxygen atoms in total. The Morgan fingerprint density at radius 3 is 2.43 bits per heavy atom. The largest absolute Gasteiger partial charge is 0.479 e. The normalized spacial score (nSPS) is 17.0. The van der Waals surface area contributed by atoms with Crippen LogP contribution < -0.4 is 5.69 Å². The molecule has 1 unspecified atom stereocenters. The van der Waals surface area contributed by atoms with Crippen molar-refractivity contribution in [1.29, 1.82) is 0 Å². The van der Waals surface area contributed by atoms with Gasteiger partial charge in [0, 0.05) is 17.3 Å². The first-order valence-electron chi connectivity index (χ1n) is 7.72. The van der Waals surface area contributed by atoms with E-state index in [1.54, 1.807) is 36.7 Å². The van der Waals surface area contributed by atoms with E-state index >= 15 is 0 Å². The highest BCUT2D eigenvalue weighted by molar-refractivity contribution is 6.30. The van der Waals surface area contributed by atoms with Gasteiger partial charge in [0.25, 0.3) is 0 Å². The SMILES string of the molecule is CCC(C)(C(=O)O)n1cc(-c2ccc(Cl)cc2)n(C2CC2)c1=O. The molecule has 0 bridgehead atoms. The Morgan fingerprint density at radius 1 is 1.35 bits per heavy atom. The molecule has 0 radical (unpaired) electrons. The van der Waals surface area contributed by atoms with E-state index in [1.165, 1.54) is 4.57 Å². The quantitative estimate of drug-likeness (QED) is 0.910. The molecule has 1 aromatic carbocycles. The number of carbonyl (C=O) groups is 1. The Bertz CT molecular complexity index is 802. The minimum absolute atomic E-state index is 0.157. The van der Waals surface area contributed by atoms with E-state index in [2.05, 4.69) is 0 Å². The van der Waals surface area contributed by atoms with Crippen LogP contribution in [0.25, 0.3) is 11.3 Å². The smallest absolute Gasteiger partial charge is 0.329 e. The molecule has 0 amide bonds. The highest BCUT2D eigenvalue weighted by atomic mass is 35.5. The number of aliphatic carboxylic acids is 1. The Kier molecular flexibility index (Phi) is 3.84. The lowest BCUT2D eigenvalue weighted by Gasteiger charge is -2.23. The van der Waals surface area contributed by atoms with E-state index in [4.69, 9.17) is 11.6 Å². The zero-order chi connectivity index (χ0) is 16.8. The second kappa shape index (κ2) is 5.57. The molecule has 2 aromatic rings. The van der Waals surface area contributed by atoms with Crippen molar-refractivity contribution in [3.63, 3.8) is 0 Å². The molecule has 0 saturated heterocycles. The topological polar surface area (TPSA) is 64.2 Å². The fourth-order valence-electron chi connectivity index (χ4n) is 2.76. The predicted octanol–water partition coefficient (Wildman–Crippen LogP) is 3.51. The first kappa shape index (κ1) is 15.9. The standard InChI is InChI=1S/C17H19ClN2O3/c1-3-17(2,15(21)22)19-10-14(11-4-6-12(18)7-5-11)20(16(19)23)13-8-9-13/h4-7,10,13H,3,8-9H2,1-2H3,(H,21,22). The number of imidazole rings is 1. The van der Waals surface area contributed by atoms with Gasteiger partial charge >= 0.3 is 11.7 Å². The summed E-state index contributed by atoms with van der Waals surface area (Å²) in [6.07, 6.45) is 3.89. The molecule has 6 heteroatoms. The van der Waals surface area contributed by atoms with Crippen LogP contribution in [0.5, 0.6) is 0 Å². The number of benzene rings is 1. The average Bonchev–Trinajstić information content (AvgIpc) is 3.30. The van der Waals surface area contributed by atoms with Crippen LogP contribution in [0.3, 0.4) is 0 Å². The average molecular weight is 335 g/mol. The Labute approximate surface area is 139 Å². The van der Waals surface area contributed by atoms with Gasteiger partial charge in [0.15, 0.2) is 0 Å². The number of carboxylic acid groups (broad SMARTS) is 1. The van der Waals surface area contributed by atoms with Gasteiger partial charge in [-0.1, -0.05) is 30.7 Å². The fraction of sp³-hybridized carbons (Fsp3) is 0.412. The first-order valence-corrected chi connectivity index (χ1v) is 8.10. The van der Waals surface area contributed by atoms with Crippen molar-refractivity contribution >= 4 is 17.6 Å². The van der Waals surface area contributed by atoms with Crippen molar-refractivity contribution in [3.8, 4) is 11.3 Å². The highest BCUT2D eigenvalue weighted by Gasteiger charge is 2.38. The van der Waals surface area contributed by atoms with Crippen molar-refractivity contribution in [3.05, 3.63) is 46.0 Å². The molecular formula is C17H19ClN2O3. The Morgan fingerprint density at radius 2 is 1.96 bits per heavy atom. The molecular weight excluding hydrogens is 316 g/mol. The highest BCUT2D eigenvalue weighted by Crippen LogP contribution is 2.38. The van der Waals surface area contributed by atoms with Crippen molar-refractivity contribution in [1.82, 2.24) is 9.13 Å². The van der Waals surface area contributed by atoms with Crippen LogP contribution in [-0.4, -0.2) is 20.2 Å². The predicted molar refractivity (Wildman–Crippen MR) is 89.0 cm³/mol. The van der Waals surface area contributed by atoms with E-state index in [0.717, 1.165) is 24.1 Å². The van der Waals surface area contributed by atoms with Gasteiger partial charge < -0.3 is 5.11 Å². The monoisotopic (exact) mass is 334 g/mol. The number of rotatable bonds is 5. The molecule has 1 aliphatic carbocycles. The zero-order valence-corrected chi connectivity index (χ0v) is 13.9. The summed E-state index contributed by atoms with van der Waals surface area (Å²) in [5.41, 5.74) is 0.0959. The maximum Gasteiger partial charge on any atom is 0.329 e. The first-order chi connectivity index (χ1) is 10.9. The number of aromatic nitrogens is 2. The van der Waals surface area contributed by atoms with E-state index in [9.17, 15) is 14.7 Å². The number of nitrogens with zero attached hydrogens (tertiary/aromatic N) is 2. The van der Waals surface area contributed by atoms with Gasteiger partial charge in [0.05, 0.1) is 5.69 Å². The van der Waals surface area contributed by atoms with Crippen LogP contribution in [0.1, 0.15) is 39.2 Å². The summed E-state index contributed by atoms with van der Waals surface area (Å²) in [6.45, 7) is 3.36. The molecule has 1 aromatic heterocycles. The van der Waals surface area contributed by atoms with Gasteiger partial charge in [-0.25, -0.2) is 9.59 Å². The van der Waals surface area contributed by atoms with Crippen molar-refractivity contribution < 1.29 is 9.90 Å². The lowest BCUT2D eigenvalue weighted by Crippen LogP contribution is -2.44. The zero-order valence-electron chi connectivity index (χ0n) is 13.1. The maximum absolute atomic E-state index is 12.9. The van der Waals surface area contributed by atoms with Crippen LogP contribution in [0.4, 0.5) is 0 Å². The third-order valence-electron chi connectivity index (χ3n) is 4.66. The molecule has 1 atom stereocenters. The third-order valence-corrected chi connectivity index (χ3v) is 4.91. The number of hydrogen-bond donors (Lipinski definition) is 1. The van der Waals surface area contributed by atoms with Crippen LogP contribution in [0.2, 0.25) is 5.02 Å². The molecule has 0 aliphatic heterocycles. The summed E-state index contributed by atoms with van der Waals surface area (Å²) in [5, 5.41) is 10.2.